The predicted molar refractivity (Wildman–Crippen MR) is 145 cm³/mol. The third-order valence-corrected chi connectivity index (χ3v) is 7.32. The number of ether oxygens (including phenoxy) is 1. The number of hydrogen-bond acceptors (Lipinski definition) is 5. The van der Waals surface area contributed by atoms with Crippen LogP contribution in [0.3, 0.4) is 0 Å². The number of benzene rings is 2. The lowest BCUT2D eigenvalue weighted by molar-refractivity contribution is -0.117. The van der Waals surface area contributed by atoms with E-state index in [0.717, 1.165) is 48.4 Å². The standard InChI is InChI=1S/C29H33N5O3/c1-18(21-12-13-23(37-3)22(16-21)17-24(30)35)25-19(2)31-28-27(33-14-8-5-9-15-33)26(32-34(28)29(25)36)20-10-6-4-7-11-20/h4,6-7,10-13,16,18,32H,5,8-9,14-15,17H2,1-3H3,(H2,30,35). The summed E-state index contributed by atoms with van der Waals surface area (Å²) in [6.45, 7) is 5.76. The Bertz CT molecular complexity index is 1500. The third kappa shape index (κ3) is 4.59. The molecule has 3 N–H and O–H groups in total. The Balaban J connectivity index is 1.67. The first kappa shape index (κ1) is 24.6. The second-order valence-electron chi connectivity index (χ2n) is 9.76. The second kappa shape index (κ2) is 10.1. The number of nitrogens with two attached hydrogens (primary N) is 1. The Hall–Kier alpha value is -4.07. The molecule has 0 spiro atoms. The van der Waals surface area contributed by atoms with E-state index in [1.165, 1.54) is 6.42 Å². The van der Waals surface area contributed by atoms with E-state index in [0.29, 0.717) is 28.2 Å². The van der Waals surface area contributed by atoms with Crippen LogP contribution in [0.25, 0.3) is 16.9 Å². The van der Waals surface area contributed by atoms with Crippen LogP contribution in [0.15, 0.2) is 53.3 Å². The van der Waals surface area contributed by atoms with Crippen LogP contribution in [0.2, 0.25) is 0 Å². The molecule has 2 aromatic heterocycles. The minimum absolute atomic E-state index is 0.0647. The van der Waals surface area contributed by atoms with Gasteiger partial charge < -0.3 is 15.4 Å². The van der Waals surface area contributed by atoms with Crippen LogP contribution >= 0.6 is 0 Å². The number of H-pyrrole nitrogens is 1. The van der Waals surface area contributed by atoms with Gasteiger partial charge in [-0.25, -0.2) is 4.98 Å². The zero-order valence-corrected chi connectivity index (χ0v) is 21.6. The van der Waals surface area contributed by atoms with Crippen LogP contribution < -0.4 is 20.9 Å². The van der Waals surface area contributed by atoms with Crippen LogP contribution in [0.4, 0.5) is 5.69 Å². The number of amides is 1. The summed E-state index contributed by atoms with van der Waals surface area (Å²) in [6, 6.07) is 15.7. The van der Waals surface area contributed by atoms with E-state index in [4.69, 9.17) is 15.5 Å². The van der Waals surface area contributed by atoms with Crippen molar-refractivity contribution in [2.45, 2.75) is 45.4 Å². The fraction of sp³-hybridized carbons (Fsp3) is 0.345. The van der Waals surface area contributed by atoms with Crippen molar-refractivity contribution in [1.82, 2.24) is 14.6 Å². The highest BCUT2D eigenvalue weighted by Crippen LogP contribution is 2.36. The number of aromatic amines is 1. The average molecular weight is 500 g/mol. The quantitative estimate of drug-likeness (QED) is 0.397. The number of nitrogens with one attached hydrogen (secondary N) is 1. The van der Waals surface area contributed by atoms with Gasteiger partial charge in [0.15, 0.2) is 5.65 Å². The molecule has 1 unspecified atom stereocenters. The topological polar surface area (TPSA) is 106 Å². The maximum Gasteiger partial charge on any atom is 0.276 e. The number of nitrogens with zero attached hydrogens (tertiary/aromatic N) is 3. The molecule has 0 saturated carbocycles. The molecule has 0 radical (unpaired) electrons. The summed E-state index contributed by atoms with van der Waals surface area (Å²) in [5.41, 5.74) is 11.8. The molecule has 1 aliphatic heterocycles. The number of aromatic nitrogens is 3. The van der Waals surface area contributed by atoms with Gasteiger partial charge in [0.05, 0.1) is 19.2 Å². The zero-order valence-electron chi connectivity index (χ0n) is 21.6. The Morgan fingerprint density at radius 3 is 2.54 bits per heavy atom. The number of fused-ring (bicyclic) bond motifs is 1. The number of piperidine rings is 1. The first-order valence-electron chi connectivity index (χ1n) is 12.8. The fourth-order valence-corrected chi connectivity index (χ4v) is 5.46. The molecule has 8 nitrogen and oxygen atoms in total. The number of carbonyl (C=O) groups is 1. The third-order valence-electron chi connectivity index (χ3n) is 7.32. The van der Waals surface area contributed by atoms with Gasteiger partial charge in [-0.2, -0.15) is 4.52 Å². The normalized spacial score (nSPS) is 14.6. The van der Waals surface area contributed by atoms with Gasteiger partial charge >= 0.3 is 0 Å². The van der Waals surface area contributed by atoms with E-state index in [-0.39, 0.29) is 17.9 Å². The SMILES string of the molecule is COc1ccc(C(C)c2c(C)nc3c(N4CCCCC4)c(-c4ccccc4)[nH]n3c2=O)cc1CC(N)=O. The van der Waals surface area contributed by atoms with Crippen LogP contribution in [0, 0.1) is 6.92 Å². The van der Waals surface area contributed by atoms with Crippen LogP contribution in [-0.4, -0.2) is 40.7 Å². The van der Waals surface area contributed by atoms with Gasteiger partial charge in [-0.15, -0.1) is 0 Å². The molecule has 1 saturated heterocycles. The molecule has 1 atom stereocenters. The lowest BCUT2D eigenvalue weighted by Gasteiger charge is -2.28. The summed E-state index contributed by atoms with van der Waals surface area (Å²) in [7, 11) is 1.56. The van der Waals surface area contributed by atoms with E-state index in [1.807, 2.05) is 50.2 Å². The number of methoxy groups -OCH3 is 1. The van der Waals surface area contributed by atoms with Gasteiger partial charge in [0.2, 0.25) is 5.91 Å². The first-order valence-corrected chi connectivity index (χ1v) is 12.8. The summed E-state index contributed by atoms with van der Waals surface area (Å²) in [6.07, 6.45) is 3.52. The Morgan fingerprint density at radius 2 is 1.86 bits per heavy atom. The van der Waals surface area contributed by atoms with Crippen molar-refractivity contribution < 1.29 is 9.53 Å². The Labute approximate surface area is 216 Å². The molecule has 0 bridgehead atoms. The van der Waals surface area contributed by atoms with E-state index < -0.39 is 5.91 Å². The van der Waals surface area contributed by atoms with Crippen molar-refractivity contribution in [3.8, 4) is 17.0 Å². The van der Waals surface area contributed by atoms with E-state index in [1.54, 1.807) is 11.6 Å². The van der Waals surface area contributed by atoms with Gasteiger partial charge in [0, 0.05) is 41.4 Å². The molecular weight excluding hydrogens is 466 g/mol. The van der Waals surface area contributed by atoms with Crippen LogP contribution in [0.5, 0.6) is 5.75 Å². The Kier molecular flexibility index (Phi) is 6.74. The molecule has 2 aromatic carbocycles. The highest BCUT2D eigenvalue weighted by Gasteiger charge is 2.26. The second-order valence-corrected chi connectivity index (χ2v) is 9.76. The number of primary amides is 1. The van der Waals surface area contributed by atoms with Crippen molar-refractivity contribution in [2.24, 2.45) is 5.73 Å². The van der Waals surface area contributed by atoms with Gasteiger partial charge in [-0.1, -0.05) is 49.4 Å². The average Bonchev–Trinajstić information content (AvgIpc) is 3.29. The first-order chi connectivity index (χ1) is 17.9. The largest absolute Gasteiger partial charge is 0.496 e. The monoisotopic (exact) mass is 499 g/mol. The molecule has 1 aliphatic rings. The minimum Gasteiger partial charge on any atom is -0.496 e. The number of carbonyl (C=O) groups excluding carboxylic acids is 1. The van der Waals surface area contributed by atoms with Crippen molar-refractivity contribution in [2.75, 3.05) is 25.1 Å². The number of hydrogen-bond donors (Lipinski definition) is 2. The van der Waals surface area contributed by atoms with Gasteiger partial charge in [0.1, 0.15) is 11.4 Å². The van der Waals surface area contributed by atoms with Crippen molar-refractivity contribution in [3.05, 3.63) is 81.3 Å². The summed E-state index contributed by atoms with van der Waals surface area (Å²) in [5.74, 6) is -0.0938. The van der Waals surface area contributed by atoms with Gasteiger partial charge in [-0.3, -0.25) is 14.7 Å². The maximum atomic E-state index is 14.0. The summed E-state index contributed by atoms with van der Waals surface area (Å²) >= 11 is 0. The molecule has 37 heavy (non-hydrogen) atoms. The number of rotatable bonds is 7. The molecule has 8 heteroatoms. The van der Waals surface area contributed by atoms with Crippen molar-refractivity contribution in [3.63, 3.8) is 0 Å². The maximum absolute atomic E-state index is 14.0. The number of anilines is 1. The Morgan fingerprint density at radius 1 is 1.14 bits per heavy atom. The molecule has 4 aromatic rings. The smallest absolute Gasteiger partial charge is 0.276 e. The summed E-state index contributed by atoms with van der Waals surface area (Å²) in [4.78, 5) is 33.0. The van der Waals surface area contributed by atoms with E-state index in [9.17, 15) is 9.59 Å². The van der Waals surface area contributed by atoms with Crippen molar-refractivity contribution in [1.29, 1.82) is 0 Å². The molecule has 1 amide bonds. The fourth-order valence-electron chi connectivity index (χ4n) is 5.46. The van der Waals surface area contributed by atoms with E-state index >= 15 is 0 Å². The predicted octanol–water partition coefficient (Wildman–Crippen LogP) is 4.18. The summed E-state index contributed by atoms with van der Waals surface area (Å²) in [5, 5.41) is 3.39. The highest BCUT2D eigenvalue weighted by molar-refractivity contribution is 5.86. The van der Waals surface area contributed by atoms with E-state index in [2.05, 4.69) is 22.1 Å². The van der Waals surface area contributed by atoms with Gasteiger partial charge in [0.25, 0.3) is 5.56 Å². The van der Waals surface area contributed by atoms with Gasteiger partial charge in [-0.05, 0) is 37.8 Å². The minimum atomic E-state index is -0.437. The lowest BCUT2D eigenvalue weighted by Crippen LogP contribution is -2.30. The number of aryl methyl sites for hydroxylation is 1. The molecule has 192 valence electrons. The van der Waals surface area contributed by atoms with Crippen LogP contribution in [-0.2, 0) is 11.2 Å². The molecule has 0 aliphatic carbocycles. The molecule has 5 rings (SSSR count). The molecular formula is C29H33N5O3. The van der Waals surface area contributed by atoms with Crippen molar-refractivity contribution >= 4 is 17.2 Å². The lowest BCUT2D eigenvalue weighted by atomic mass is 9.91. The molecule has 3 heterocycles. The summed E-state index contributed by atoms with van der Waals surface area (Å²) < 4.78 is 7.01. The highest BCUT2D eigenvalue weighted by atomic mass is 16.5. The van der Waals surface area contributed by atoms with Crippen LogP contribution in [0.1, 0.15) is 54.5 Å². The molecule has 1 fully saturated rings. The zero-order chi connectivity index (χ0) is 26.1.